The second-order valence-corrected chi connectivity index (χ2v) is 5.55. The Labute approximate surface area is 108 Å². The summed E-state index contributed by atoms with van der Waals surface area (Å²) in [5.74, 6) is 2.02. The summed E-state index contributed by atoms with van der Waals surface area (Å²) in [6, 6.07) is 4.11. The summed E-state index contributed by atoms with van der Waals surface area (Å²) in [4.78, 5) is 12.4. The van der Waals surface area contributed by atoms with Gasteiger partial charge in [-0.05, 0) is 31.4 Å². The Bertz CT molecular complexity index is 524. The largest absolute Gasteiger partial charge is 0.341 e. The number of aromatic nitrogens is 3. The van der Waals surface area contributed by atoms with Crippen molar-refractivity contribution < 1.29 is 0 Å². The highest BCUT2D eigenvalue weighted by Crippen LogP contribution is 2.27. The minimum atomic E-state index is 0.869. The normalized spacial score (nSPS) is 17.4. The lowest BCUT2D eigenvalue weighted by Gasteiger charge is -2.20. The molecule has 1 aliphatic carbocycles. The molecule has 18 heavy (non-hydrogen) atoms. The van der Waals surface area contributed by atoms with Crippen LogP contribution in [-0.4, -0.2) is 15.0 Å². The summed E-state index contributed by atoms with van der Waals surface area (Å²) in [6.07, 6.45) is 9.45. The lowest BCUT2D eigenvalue weighted by Crippen LogP contribution is -2.07. The molecule has 0 aromatic carbocycles. The number of imidazole rings is 1. The Kier molecular flexibility index (Phi) is 3.31. The molecule has 2 aromatic rings. The third-order valence-electron chi connectivity index (χ3n) is 4.05. The van der Waals surface area contributed by atoms with E-state index in [-0.39, 0.29) is 0 Å². The van der Waals surface area contributed by atoms with Gasteiger partial charge in [-0.2, -0.15) is 0 Å². The molecule has 0 atom stereocenters. The van der Waals surface area contributed by atoms with E-state index < -0.39 is 0 Å². The Morgan fingerprint density at radius 1 is 1.17 bits per heavy atom. The Balaban J connectivity index is 1.67. The van der Waals surface area contributed by atoms with E-state index in [0.29, 0.717) is 0 Å². The van der Waals surface area contributed by atoms with Crippen LogP contribution in [0.25, 0.3) is 11.2 Å². The van der Waals surface area contributed by atoms with E-state index in [0.717, 1.165) is 35.0 Å². The SMILES string of the molecule is Cc1ccc2[nH]c(CCC3CCCCC3)nc2n1. The van der Waals surface area contributed by atoms with Crippen LogP contribution in [0.4, 0.5) is 0 Å². The van der Waals surface area contributed by atoms with Crippen LogP contribution in [0.15, 0.2) is 12.1 Å². The highest BCUT2D eigenvalue weighted by Gasteiger charge is 2.14. The highest BCUT2D eigenvalue weighted by molar-refractivity contribution is 5.70. The van der Waals surface area contributed by atoms with Gasteiger partial charge in [0.2, 0.25) is 0 Å². The Morgan fingerprint density at radius 2 is 2.00 bits per heavy atom. The third kappa shape index (κ3) is 2.55. The number of nitrogens with zero attached hydrogens (tertiary/aromatic N) is 2. The first-order chi connectivity index (χ1) is 8.81. The van der Waals surface area contributed by atoms with E-state index >= 15 is 0 Å². The number of fused-ring (bicyclic) bond motifs is 1. The lowest BCUT2D eigenvalue weighted by atomic mass is 9.86. The van der Waals surface area contributed by atoms with Crippen molar-refractivity contribution in [1.29, 1.82) is 0 Å². The van der Waals surface area contributed by atoms with Gasteiger partial charge in [0.05, 0.1) is 5.52 Å². The molecule has 1 saturated carbocycles. The van der Waals surface area contributed by atoms with E-state index in [4.69, 9.17) is 0 Å². The zero-order valence-corrected chi connectivity index (χ0v) is 11.1. The molecule has 1 N–H and O–H groups in total. The van der Waals surface area contributed by atoms with Crippen molar-refractivity contribution in [2.75, 3.05) is 0 Å². The van der Waals surface area contributed by atoms with Crippen LogP contribution in [0.3, 0.4) is 0 Å². The summed E-state index contributed by atoms with van der Waals surface area (Å²) < 4.78 is 0. The minimum absolute atomic E-state index is 0.869. The molecule has 0 aliphatic heterocycles. The van der Waals surface area contributed by atoms with Gasteiger partial charge in [0.1, 0.15) is 5.82 Å². The lowest BCUT2D eigenvalue weighted by molar-refractivity contribution is 0.337. The van der Waals surface area contributed by atoms with Crippen LogP contribution in [-0.2, 0) is 6.42 Å². The van der Waals surface area contributed by atoms with Crippen LogP contribution >= 0.6 is 0 Å². The number of rotatable bonds is 3. The first kappa shape index (κ1) is 11.7. The molecule has 0 unspecified atom stereocenters. The number of hydrogen-bond acceptors (Lipinski definition) is 2. The quantitative estimate of drug-likeness (QED) is 0.891. The monoisotopic (exact) mass is 243 g/mol. The van der Waals surface area contributed by atoms with Crippen molar-refractivity contribution in [3.8, 4) is 0 Å². The van der Waals surface area contributed by atoms with Gasteiger partial charge in [0.15, 0.2) is 5.65 Å². The summed E-state index contributed by atoms with van der Waals surface area (Å²) in [6.45, 7) is 2.01. The van der Waals surface area contributed by atoms with Crippen LogP contribution in [0.2, 0.25) is 0 Å². The highest BCUT2D eigenvalue weighted by atomic mass is 15.0. The Morgan fingerprint density at radius 3 is 2.83 bits per heavy atom. The minimum Gasteiger partial charge on any atom is -0.341 e. The zero-order chi connectivity index (χ0) is 12.4. The molecule has 3 rings (SSSR count). The van der Waals surface area contributed by atoms with Gasteiger partial charge in [-0.25, -0.2) is 9.97 Å². The molecule has 0 bridgehead atoms. The summed E-state index contributed by atoms with van der Waals surface area (Å²) in [5.41, 5.74) is 2.97. The van der Waals surface area contributed by atoms with E-state index in [1.165, 1.54) is 38.5 Å². The second kappa shape index (κ2) is 5.09. The van der Waals surface area contributed by atoms with Crippen molar-refractivity contribution in [2.45, 2.75) is 51.9 Å². The molecule has 1 fully saturated rings. The number of H-pyrrole nitrogens is 1. The van der Waals surface area contributed by atoms with Crippen LogP contribution in [0, 0.1) is 12.8 Å². The molecule has 0 spiro atoms. The average molecular weight is 243 g/mol. The first-order valence-corrected chi connectivity index (χ1v) is 7.13. The molecule has 3 heteroatoms. The third-order valence-corrected chi connectivity index (χ3v) is 4.05. The fourth-order valence-corrected chi connectivity index (χ4v) is 2.97. The zero-order valence-electron chi connectivity index (χ0n) is 11.1. The topological polar surface area (TPSA) is 41.6 Å². The van der Waals surface area contributed by atoms with E-state index in [2.05, 4.69) is 21.0 Å². The van der Waals surface area contributed by atoms with Crippen molar-refractivity contribution in [3.05, 3.63) is 23.7 Å². The van der Waals surface area contributed by atoms with Crippen molar-refractivity contribution in [2.24, 2.45) is 5.92 Å². The number of hydrogen-bond donors (Lipinski definition) is 1. The fourth-order valence-electron chi connectivity index (χ4n) is 2.97. The molecular formula is C15H21N3. The fraction of sp³-hybridized carbons (Fsp3) is 0.600. The molecule has 0 radical (unpaired) electrons. The molecule has 2 aromatic heterocycles. The number of nitrogens with one attached hydrogen (secondary N) is 1. The summed E-state index contributed by atoms with van der Waals surface area (Å²) >= 11 is 0. The van der Waals surface area contributed by atoms with E-state index in [1.807, 2.05) is 13.0 Å². The average Bonchev–Trinajstić information content (AvgIpc) is 2.79. The Hall–Kier alpha value is -1.38. The standard InChI is InChI=1S/C15H21N3/c1-11-7-9-13-15(16-11)18-14(17-13)10-8-12-5-3-2-4-6-12/h7,9,12H,2-6,8,10H2,1H3,(H,16,17,18). The van der Waals surface area contributed by atoms with E-state index in [9.17, 15) is 0 Å². The van der Waals surface area contributed by atoms with Gasteiger partial charge >= 0.3 is 0 Å². The van der Waals surface area contributed by atoms with Crippen molar-refractivity contribution >= 4 is 11.2 Å². The van der Waals surface area contributed by atoms with Gasteiger partial charge in [-0.1, -0.05) is 32.1 Å². The number of pyridine rings is 1. The van der Waals surface area contributed by atoms with Crippen LogP contribution < -0.4 is 0 Å². The van der Waals surface area contributed by atoms with Crippen molar-refractivity contribution in [1.82, 2.24) is 15.0 Å². The molecule has 3 nitrogen and oxygen atoms in total. The number of aromatic amines is 1. The predicted molar refractivity (Wildman–Crippen MR) is 73.5 cm³/mol. The maximum Gasteiger partial charge on any atom is 0.177 e. The van der Waals surface area contributed by atoms with Crippen molar-refractivity contribution in [3.63, 3.8) is 0 Å². The predicted octanol–water partition coefficient (Wildman–Crippen LogP) is 3.78. The van der Waals surface area contributed by atoms with Gasteiger partial charge in [0, 0.05) is 12.1 Å². The second-order valence-electron chi connectivity index (χ2n) is 5.55. The van der Waals surface area contributed by atoms with Gasteiger partial charge < -0.3 is 4.98 Å². The van der Waals surface area contributed by atoms with E-state index in [1.54, 1.807) is 0 Å². The maximum atomic E-state index is 4.59. The van der Waals surface area contributed by atoms with Gasteiger partial charge in [0.25, 0.3) is 0 Å². The molecule has 0 amide bonds. The summed E-state index contributed by atoms with van der Waals surface area (Å²) in [7, 11) is 0. The number of aryl methyl sites for hydroxylation is 2. The molecule has 2 heterocycles. The van der Waals surface area contributed by atoms with Gasteiger partial charge in [-0.3, -0.25) is 0 Å². The summed E-state index contributed by atoms with van der Waals surface area (Å²) in [5, 5.41) is 0. The molecule has 1 aliphatic rings. The first-order valence-electron chi connectivity index (χ1n) is 7.13. The van der Waals surface area contributed by atoms with Crippen LogP contribution in [0.5, 0.6) is 0 Å². The maximum absolute atomic E-state index is 4.59. The molecule has 0 saturated heterocycles. The smallest absolute Gasteiger partial charge is 0.177 e. The van der Waals surface area contributed by atoms with Crippen LogP contribution in [0.1, 0.15) is 50.0 Å². The molecular weight excluding hydrogens is 222 g/mol. The van der Waals surface area contributed by atoms with Gasteiger partial charge in [-0.15, -0.1) is 0 Å². The molecule has 96 valence electrons.